The van der Waals surface area contributed by atoms with Crippen molar-refractivity contribution in [2.24, 2.45) is 0 Å². The number of amides is 2. The Labute approximate surface area is 187 Å². The Balaban J connectivity index is 1.49. The van der Waals surface area contributed by atoms with Crippen molar-refractivity contribution in [3.8, 4) is 0 Å². The quantitative estimate of drug-likeness (QED) is 0.537. The molecule has 2 amide bonds. The minimum Gasteiger partial charge on any atom is -0.378 e. The molecule has 2 N–H and O–H groups in total. The number of nitrogens with one attached hydrogen (secondary N) is 2. The zero-order chi connectivity index (χ0) is 22.4. The number of carbonyl (C=O) groups excluding carboxylic acids is 2. The molecule has 1 aromatic heterocycles. The van der Waals surface area contributed by atoms with Gasteiger partial charge >= 0.3 is 0 Å². The third-order valence-corrected chi connectivity index (χ3v) is 5.97. The Bertz CT molecular complexity index is 1020. The largest absolute Gasteiger partial charge is 0.378 e. The highest BCUT2D eigenvalue weighted by atomic mass is 32.1. The van der Waals surface area contributed by atoms with E-state index in [0.717, 1.165) is 21.7 Å². The van der Waals surface area contributed by atoms with Gasteiger partial charge in [0.05, 0.1) is 12.8 Å². The number of thiazole rings is 1. The van der Waals surface area contributed by atoms with Gasteiger partial charge in [0.15, 0.2) is 5.13 Å². The predicted molar refractivity (Wildman–Crippen MR) is 128 cm³/mol. The van der Waals surface area contributed by atoms with E-state index in [-0.39, 0.29) is 18.2 Å². The maximum absolute atomic E-state index is 12.3. The first-order chi connectivity index (χ1) is 14.8. The van der Waals surface area contributed by atoms with Crippen molar-refractivity contribution >= 4 is 39.7 Å². The van der Waals surface area contributed by atoms with E-state index < -0.39 is 0 Å². The van der Waals surface area contributed by atoms with Crippen molar-refractivity contribution in [1.29, 1.82) is 0 Å². The van der Waals surface area contributed by atoms with Crippen LogP contribution in [0.2, 0.25) is 0 Å². The zero-order valence-electron chi connectivity index (χ0n) is 18.3. The van der Waals surface area contributed by atoms with E-state index in [1.807, 2.05) is 67.5 Å². The summed E-state index contributed by atoms with van der Waals surface area (Å²) in [6.45, 7) is 4.19. The van der Waals surface area contributed by atoms with Gasteiger partial charge in [-0.15, -0.1) is 11.3 Å². The molecule has 0 radical (unpaired) electrons. The van der Waals surface area contributed by atoms with Gasteiger partial charge in [0.25, 0.3) is 0 Å². The second kappa shape index (κ2) is 10.2. The highest BCUT2D eigenvalue weighted by molar-refractivity contribution is 7.15. The van der Waals surface area contributed by atoms with Crippen LogP contribution in [-0.4, -0.2) is 30.9 Å². The van der Waals surface area contributed by atoms with Gasteiger partial charge in [-0.2, -0.15) is 0 Å². The molecule has 0 aliphatic heterocycles. The van der Waals surface area contributed by atoms with E-state index in [0.29, 0.717) is 23.2 Å². The molecule has 0 aliphatic rings. The molecule has 0 bridgehead atoms. The van der Waals surface area contributed by atoms with Crippen LogP contribution in [0, 0.1) is 0 Å². The number of nitrogens with zero attached hydrogens (tertiary/aromatic N) is 2. The third-order valence-electron chi connectivity index (χ3n) is 4.76. The van der Waals surface area contributed by atoms with E-state index >= 15 is 0 Å². The van der Waals surface area contributed by atoms with Crippen LogP contribution < -0.4 is 15.5 Å². The lowest BCUT2D eigenvalue weighted by Gasteiger charge is -2.12. The van der Waals surface area contributed by atoms with Crippen LogP contribution in [0.1, 0.15) is 35.8 Å². The van der Waals surface area contributed by atoms with E-state index in [9.17, 15) is 9.59 Å². The first-order valence-corrected chi connectivity index (χ1v) is 11.0. The van der Waals surface area contributed by atoms with E-state index in [4.69, 9.17) is 0 Å². The molecule has 0 saturated heterocycles. The Hall–Kier alpha value is -3.19. The van der Waals surface area contributed by atoms with Crippen LogP contribution in [0.15, 0.2) is 54.7 Å². The van der Waals surface area contributed by atoms with Crippen LogP contribution >= 0.6 is 11.3 Å². The first-order valence-electron chi connectivity index (χ1n) is 10.2. The monoisotopic (exact) mass is 436 g/mol. The molecule has 0 aliphatic carbocycles. The first kappa shape index (κ1) is 22.5. The lowest BCUT2D eigenvalue weighted by Crippen LogP contribution is -2.15. The van der Waals surface area contributed by atoms with Gasteiger partial charge in [0, 0.05) is 36.5 Å². The van der Waals surface area contributed by atoms with Crippen molar-refractivity contribution in [3.63, 3.8) is 0 Å². The molecule has 1 heterocycles. The summed E-state index contributed by atoms with van der Waals surface area (Å²) in [5, 5.41) is 6.37. The second-order valence-electron chi connectivity index (χ2n) is 7.93. The fourth-order valence-electron chi connectivity index (χ4n) is 2.97. The number of rotatable bonds is 8. The molecule has 2 aromatic carbocycles. The second-order valence-corrected chi connectivity index (χ2v) is 8.99. The maximum Gasteiger partial charge on any atom is 0.230 e. The summed E-state index contributed by atoms with van der Waals surface area (Å²) in [5.41, 5.74) is 3.63. The Morgan fingerprint density at radius 1 is 0.903 bits per heavy atom. The fraction of sp³-hybridized carbons (Fsp3) is 0.292. The minimum atomic E-state index is -0.109. The summed E-state index contributed by atoms with van der Waals surface area (Å²) in [6, 6.07) is 15.2. The molecule has 0 unspecified atom stereocenters. The van der Waals surface area contributed by atoms with Crippen molar-refractivity contribution in [2.45, 2.75) is 32.6 Å². The summed E-state index contributed by atoms with van der Waals surface area (Å²) >= 11 is 1.50. The highest BCUT2D eigenvalue weighted by Crippen LogP contribution is 2.25. The van der Waals surface area contributed by atoms with Crippen LogP contribution in [0.25, 0.3) is 0 Å². The molecule has 0 spiro atoms. The molecule has 0 fully saturated rings. The number of hydrogen-bond acceptors (Lipinski definition) is 5. The molecule has 31 heavy (non-hydrogen) atoms. The summed E-state index contributed by atoms with van der Waals surface area (Å²) in [4.78, 5) is 32.0. The van der Waals surface area contributed by atoms with Gasteiger partial charge < -0.3 is 15.5 Å². The van der Waals surface area contributed by atoms with Gasteiger partial charge in [-0.05, 0) is 41.3 Å². The summed E-state index contributed by atoms with van der Waals surface area (Å²) in [7, 11) is 3.97. The topological polar surface area (TPSA) is 74.3 Å². The van der Waals surface area contributed by atoms with Gasteiger partial charge in [-0.1, -0.05) is 38.1 Å². The molecule has 6 nitrogen and oxygen atoms in total. The molecule has 0 atom stereocenters. The van der Waals surface area contributed by atoms with E-state index in [1.165, 1.54) is 11.3 Å². The smallest absolute Gasteiger partial charge is 0.230 e. The van der Waals surface area contributed by atoms with Crippen molar-refractivity contribution in [1.82, 2.24) is 4.98 Å². The van der Waals surface area contributed by atoms with Crippen molar-refractivity contribution < 1.29 is 9.59 Å². The third kappa shape index (κ3) is 6.65. The number of benzene rings is 2. The minimum absolute atomic E-state index is 0.0761. The Morgan fingerprint density at radius 3 is 1.97 bits per heavy atom. The van der Waals surface area contributed by atoms with Crippen LogP contribution in [-0.2, 0) is 22.4 Å². The number of carbonyl (C=O) groups is 2. The normalized spacial score (nSPS) is 10.7. The molecular formula is C24H28N4O2S. The van der Waals surface area contributed by atoms with Crippen LogP contribution in [0.4, 0.5) is 16.5 Å². The predicted octanol–water partition coefficient (Wildman–Crippen LogP) is 4.69. The Kier molecular flexibility index (Phi) is 7.41. The zero-order valence-corrected chi connectivity index (χ0v) is 19.1. The van der Waals surface area contributed by atoms with Gasteiger partial charge in [-0.3, -0.25) is 9.59 Å². The van der Waals surface area contributed by atoms with E-state index in [1.54, 1.807) is 6.20 Å². The van der Waals surface area contributed by atoms with Gasteiger partial charge in [-0.25, -0.2) is 4.98 Å². The maximum atomic E-state index is 12.3. The molecule has 162 valence electrons. The fourth-order valence-corrected chi connectivity index (χ4v) is 3.80. The van der Waals surface area contributed by atoms with E-state index in [2.05, 4.69) is 29.5 Å². The molecule has 7 heteroatoms. The summed E-state index contributed by atoms with van der Waals surface area (Å²) in [6.07, 6.45) is 2.37. The summed E-state index contributed by atoms with van der Waals surface area (Å²) < 4.78 is 0. The van der Waals surface area contributed by atoms with Crippen LogP contribution in [0.3, 0.4) is 0 Å². The number of aromatic nitrogens is 1. The number of hydrogen-bond donors (Lipinski definition) is 2. The highest BCUT2D eigenvalue weighted by Gasteiger charge is 2.10. The van der Waals surface area contributed by atoms with Gasteiger partial charge in [0.1, 0.15) is 0 Å². The Morgan fingerprint density at radius 2 is 1.45 bits per heavy atom. The SMILES string of the molecule is CC(C)c1cnc(NC(=O)Cc2ccc(NC(=O)Cc3ccc(N(C)C)cc3)cc2)s1. The average molecular weight is 437 g/mol. The lowest BCUT2D eigenvalue weighted by molar-refractivity contribution is -0.116. The number of anilines is 3. The van der Waals surface area contributed by atoms with Crippen molar-refractivity contribution in [3.05, 3.63) is 70.7 Å². The lowest BCUT2D eigenvalue weighted by atomic mass is 10.1. The molecule has 0 saturated carbocycles. The molecule has 3 rings (SSSR count). The molecule has 3 aromatic rings. The van der Waals surface area contributed by atoms with Crippen LogP contribution in [0.5, 0.6) is 0 Å². The van der Waals surface area contributed by atoms with Crippen molar-refractivity contribution in [2.75, 3.05) is 29.6 Å². The molecular weight excluding hydrogens is 408 g/mol. The summed E-state index contributed by atoms with van der Waals surface area (Å²) in [5.74, 6) is 0.207. The van der Waals surface area contributed by atoms with Gasteiger partial charge in [0.2, 0.25) is 11.8 Å². The standard InChI is InChI=1S/C24H28N4O2S/c1-16(2)21-15-25-24(31-21)27-23(30)14-17-5-9-19(10-6-17)26-22(29)13-18-7-11-20(12-8-18)28(3)4/h5-12,15-16H,13-14H2,1-4H3,(H,26,29)(H,25,27,30). The average Bonchev–Trinajstić information content (AvgIpc) is 3.18.